The molecule has 0 aromatic heterocycles. The minimum atomic E-state index is -0.191. The quantitative estimate of drug-likeness (QED) is 0.709. The first kappa shape index (κ1) is 10.7. The lowest BCUT2D eigenvalue weighted by Crippen LogP contribution is -2.38. The number of carbonyl (C=O) groups is 1. The van der Waals surface area contributed by atoms with Gasteiger partial charge < -0.3 is 5.32 Å². The van der Waals surface area contributed by atoms with Crippen molar-refractivity contribution in [2.75, 3.05) is 6.54 Å². The van der Waals surface area contributed by atoms with Crippen LogP contribution in [0.15, 0.2) is 0 Å². The molecule has 0 radical (unpaired) electrons. The molecule has 1 heterocycles. The average Bonchev–Trinajstić information content (AvgIpc) is 2.51. The largest absolute Gasteiger partial charge is 0.313 e. The van der Waals surface area contributed by atoms with Gasteiger partial charge in [-0.1, -0.05) is 27.7 Å². The van der Waals surface area contributed by atoms with Gasteiger partial charge in [0.2, 0.25) is 0 Å². The molecule has 0 aliphatic carbocycles. The summed E-state index contributed by atoms with van der Waals surface area (Å²) in [6.07, 6.45) is 2.37. The van der Waals surface area contributed by atoms with Crippen molar-refractivity contribution in [1.82, 2.24) is 5.32 Å². The molecule has 1 rings (SSSR count). The molecule has 2 unspecified atom stereocenters. The van der Waals surface area contributed by atoms with Gasteiger partial charge in [0.15, 0.2) is 0 Å². The molecule has 1 saturated heterocycles. The third kappa shape index (κ3) is 2.53. The number of hydrogen-bond donors (Lipinski definition) is 1. The molecule has 2 heteroatoms. The Bertz CT molecular complexity index is 187. The van der Waals surface area contributed by atoms with E-state index < -0.39 is 0 Å². The lowest BCUT2D eigenvalue weighted by Gasteiger charge is -2.25. The van der Waals surface area contributed by atoms with Crippen molar-refractivity contribution in [3.63, 3.8) is 0 Å². The summed E-state index contributed by atoms with van der Waals surface area (Å²) in [7, 11) is 0. The molecule has 0 aromatic carbocycles. The monoisotopic (exact) mass is 183 g/mol. The van der Waals surface area contributed by atoms with Crippen LogP contribution in [0.25, 0.3) is 0 Å². The van der Waals surface area contributed by atoms with E-state index in [1.165, 1.54) is 6.42 Å². The second-order valence-corrected chi connectivity index (χ2v) is 5.11. The predicted molar refractivity (Wildman–Crippen MR) is 54.7 cm³/mol. The van der Waals surface area contributed by atoms with E-state index in [4.69, 9.17) is 0 Å². The number of rotatable bonds is 2. The van der Waals surface area contributed by atoms with Gasteiger partial charge in [-0.15, -0.1) is 0 Å². The lowest BCUT2D eigenvalue weighted by molar-refractivity contribution is -0.130. The zero-order valence-corrected chi connectivity index (χ0v) is 9.18. The van der Waals surface area contributed by atoms with Gasteiger partial charge in [0.1, 0.15) is 5.78 Å². The van der Waals surface area contributed by atoms with Gasteiger partial charge in [-0.2, -0.15) is 0 Å². The van der Waals surface area contributed by atoms with E-state index in [1.807, 2.05) is 20.8 Å². The Labute approximate surface area is 81.1 Å². The van der Waals surface area contributed by atoms with E-state index in [9.17, 15) is 4.79 Å². The van der Waals surface area contributed by atoms with Gasteiger partial charge in [-0.05, 0) is 19.4 Å². The summed E-state index contributed by atoms with van der Waals surface area (Å²) in [5.41, 5.74) is -0.191. The van der Waals surface area contributed by atoms with Crippen LogP contribution < -0.4 is 5.32 Å². The molecule has 0 aromatic rings. The maximum Gasteiger partial charge on any atom is 0.142 e. The summed E-state index contributed by atoms with van der Waals surface area (Å²) in [5, 5.41) is 3.39. The molecule has 2 nitrogen and oxygen atoms in total. The highest BCUT2D eigenvalue weighted by Gasteiger charge is 2.32. The van der Waals surface area contributed by atoms with Crippen molar-refractivity contribution in [1.29, 1.82) is 0 Å². The van der Waals surface area contributed by atoms with E-state index in [0.717, 1.165) is 13.0 Å². The number of Topliss-reactive ketones (excluding diaryl/α,β-unsaturated/α-hetero) is 1. The van der Waals surface area contributed by atoms with Crippen LogP contribution >= 0.6 is 0 Å². The maximum atomic E-state index is 11.9. The number of hydrogen-bond acceptors (Lipinski definition) is 2. The second kappa shape index (κ2) is 3.79. The Hall–Kier alpha value is -0.370. The van der Waals surface area contributed by atoms with Gasteiger partial charge in [0, 0.05) is 17.4 Å². The predicted octanol–water partition coefficient (Wildman–Crippen LogP) is 1.99. The van der Waals surface area contributed by atoms with Crippen molar-refractivity contribution in [3.8, 4) is 0 Å². The highest BCUT2D eigenvalue weighted by molar-refractivity contribution is 5.86. The minimum absolute atomic E-state index is 0.169. The molecule has 1 aliphatic heterocycles. The average molecular weight is 183 g/mol. The van der Waals surface area contributed by atoms with Crippen LogP contribution in [0.1, 0.15) is 40.5 Å². The van der Waals surface area contributed by atoms with E-state index in [0.29, 0.717) is 11.8 Å². The van der Waals surface area contributed by atoms with Crippen molar-refractivity contribution in [2.45, 2.75) is 46.6 Å². The summed E-state index contributed by atoms with van der Waals surface area (Å²) >= 11 is 0. The van der Waals surface area contributed by atoms with Crippen molar-refractivity contribution < 1.29 is 4.79 Å². The van der Waals surface area contributed by atoms with Crippen LogP contribution in [-0.4, -0.2) is 18.4 Å². The Morgan fingerprint density at radius 1 is 1.46 bits per heavy atom. The van der Waals surface area contributed by atoms with Crippen LogP contribution in [0.5, 0.6) is 0 Å². The van der Waals surface area contributed by atoms with Crippen LogP contribution in [0.4, 0.5) is 0 Å². The third-order valence-corrected chi connectivity index (χ3v) is 2.85. The molecule has 0 spiro atoms. The first-order valence-electron chi connectivity index (χ1n) is 5.20. The zero-order valence-electron chi connectivity index (χ0n) is 9.18. The summed E-state index contributed by atoms with van der Waals surface area (Å²) in [6.45, 7) is 9.13. The molecule has 0 amide bonds. The molecule has 1 aliphatic rings. The summed E-state index contributed by atoms with van der Waals surface area (Å²) < 4.78 is 0. The molecule has 0 bridgehead atoms. The highest BCUT2D eigenvalue weighted by atomic mass is 16.1. The van der Waals surface area contributed by atoms with E-state index in [-0.39, 0.29) is 11.3 Å². The summed E-state index contributed by atoms with van der Waals surface area (Å²) in [5.74, 6) is 0.550. The molecular formula is C11H21NO. The normalized spacial score (nSPS) is 26.0. The molecule has 76 valence electrons. The Morgan fingerprint density at radius 2 is 2.08 bits per heavy atom. The Balaban J connectivity index is 2.56. The van der Waals surface area contributed by atoms with Gasteiger partial charge >= 0.3 is 0 Å². The summed E-state index contributed by atoms with van der Waals surface area (Å²) in [4.78, 5) is 11.9. The number of nitrogens with one attached hydrogen (secondary N) is 1. The number of ketones is 1. The molecule has 2 atom stereocenters. The fourth-order valence-electron chi connectivity index (χ4n) is 2.00. The molecular weight excluding hydrogens is 162 g/mol. The molecule has 0 saturated carbocycles. The Morgan fingerprint density at radius 3 is 2.46 bits per heavy atom. The topological polar surface area (TPSA) is 29.1 Å². The Kier molecular flexibility index (Phi) is 3.12. The SMILES string of the molecule is CC(C(=O)C(C)(C)C)C1CCCN1. The second-order valence-electron chi connectivity index (χ2n) is 5.11. The highest BCUT2D eigenvalue weighted by Crippen LogP contribution is 2.25. The first-order chi connectivity index (χ1) is 5.93. The lowest BCUT2D eigenvalue weighted by atomic mass is 9.80. The fourth-order valence-corrected chi connectivity index (χ4v) is 2.00. The van der Waals surface area contributed by atoms with Crippen molar-refractivity contribution in [3.05, 3.63) is 0 Å². The fraction of sp³-hybridized carbons (Fsp3) is 0.909. The van der Waals surface area contributed by atoms with Crippen molar-refractivity contribution >= 4 is 5.78 Å². The first-order valence-corrected chi connectivity index (χ1v) is 5.20. The van der Waals surface area contributed by atoms with Crippen LogP contribution in [0, 0.1) is 11.3 Å². The zero-order chi connectivity index (χ0) is 10.1. The van der Waals surface area contributed by atoms with E-state index in [1.54, 1.807) is 0 Å². The van der Waals surface area contributed by atoms with Crippen molar-refractivity contribution in [2.24, 2.45) is 11.3 Å². The van der Waals surface area contributed by atoms with Gasteiger partial charge in [0.25, 0.3) is 0 Å². The molecule has 1 N–H and O–H groups in total. The molecule has 1 fully saturated rings. The molecule has 13 heavy (non-hydrogen) atoms. The van der Waals surface area contributed by atoms with Crippen LogP contribution in [-0.2, 0) is 4.79 Å². The summed E-state index contributed by atoms with van der Waals surface area (Å²) in [6, 6.07) is 0.423. The van der Waals surface area contributed by atoms with Crippen LogP contribution in [0.2, 0.25) is 0 Å². The van der Waals surface area contributed by atoms with Crippen LogP contribution in [0.3, 0.4) is 0 Å². The standard InChI is InChI=1S/C11H21NO/c1-8(9-6-5-7-12-9)10(13)11(2,3)4/h8-9,12H,5-7H2,1-4H3. The van der Waals surface area contributed by atoms with Gasteiger partial charge in [0.05, 0.1) is 0 Å². The maximum absolute atomic E-state index is 11.9. The number of carbonyl (C=O) groups excluding carboxylic acids is 1. The van der Waals surface area contributed by atoms with Gasteiger partial charge in [-0.3, -0.25) is 4.79 Å². The smallest absolute Gasteiger partial charge is 0.142 e. The van der Waals surface area contributed by atoms with Gasteiger partial charge in [-0.25, -0.2) is 0 Å². The van der Waals surface area contributed by atoms with E-state index in [2.05, 4.69) is 12.2 Å². The third-order valence-electron chi connectivity index (χ3n) is 2.85. The van der Waals surface area contributed by atoms with E-state index >= 15 is 0 Å². The minimum Gasteiger partial charge on any atom is -0.313 e.